The highest BCUT2D eigenvalue weighted by atomic mass is 16.5. The van der Waals surface area contributed by atoms with E-state index in [2.05, 4.69) is 16.9 Å². The minimum atomic E-state index is -0.225. The number of hydrogen-bond donors (Lipinski definition) is 1. The topological polar surface area (TPSA) is 76.5 Å². The number of fused-ring (bicyclic) bond motifs is 1. The lowest BCUT2D eigenvalue weighted by molar-refractivity contribution is -0.113. The summed E-state index contributed by atoms with van der Waals surface area (Å²) in [7, 11) is 1.66. The third kappa shape index (κ3) is 3.61. The van der Waals surface area contributed by atoms with Crippen LogP contribution in [0.1, 0.15) is 16.2 Å². The van der Waals surface area contributed by atoms with E-state index in [9.17, 15) is 9.59 Å². The van der Waals surface area contributed by atoms with Gasteiger partial charge in [-0.05, 0) is 30.3 Å². The Morgan fingerprint density at radius 2 is 2.08 bits per heavy atom. The standard InChI is InChI=1S/C18H20N4O3/c1-3-17(23)21(2)14-6-4-13(5-7-14)18(24)20-16-12-19-15-8-10-25-11-9-22(15)16/h3-7,12H,1,8-11H2,2H3,(H,20,24). The normalized spacial score (nSPS) is 13.5. The first-order valence-corrected chi connectivity index (χ1v) is 8.04. The molecule has 1 aliphatic rings. The molecule has 0 spiro atoms. The van der Waals surface area contributed by atoms with E-state index in [4.69, 9.17) is 4.74 Å². The van der Waals surface area contributed by atoms with Crippen molar-refractivity contribution < 1.29 is 14.3 Å². The highest BCUT2D eigenvalue weighted by Gasteiger charge is 2.16. The van der Waals surface area contributed by atoms with Crippen molar-refractivity contribution in [2.24, 2.45) is 0 Å². The van der Waals surface area contributed by atoms with Gasteiger partial charge >= 0.3 is 0 Å². The lowest BCUT2D eigenvalue weighted by atomic mass is 10.2. The second kappa shape index (κ2) is 7.31. The lowest BCUT2D eigenvalue weighted by Gasteiger charge is -2.15. The van der Waals surface area contributed by atoms with Crippen molar-refractivity contribution in [2.75, 3.05) is 30.5 Å². The Hall–Kier alpha value is -2.93. The number of benzene rings is 1. The van der Waals surface area contributed by atoms with Gasteiger partial charge in [-0.15, -0.1) is 0 Å². The zero-order valence-corrected chi connectivity index (χ0v) is 14.1. The quantitative estimate of drug-likeness (QED) is 0.862. The summed E-state index contributed by atoms with van der Waals surface area (Å²) in [6.45, 7) is 5.37. The molecule has 0 fully saturated rings. The first-order chi connectivity index (χ1) is 12.1. The van der Waals surface area contributed by atoms with E-state index in [0.29, 0.717) is 36.8 Å². The molecule has 0 aliphatic carbocycles. The number of anilines is 2. The molecule has 1 aromatic carbocycles. The number of likely N-dealkylation sites (N-methyl/N-ethyl adjacent to an activating group) is 1. The maximum Gasteiger partial charge on any atom is 0.256 e. The maximum atomic E-state index is 12.5. The Kier molecular flexibility index (Phi) is 4.95. The molecule has 7 heteroatoms. The number of ether oxygens (including phenoxy) is 1. The first kappa shape index (κ1) is 16.9. The summed E-state index contributed by atoms with van der Waals surface area (Å²) in [6, 6.07) is 6.81. The van der Waals surface area contributed by atoms with Gasteiger partial charge in [0.1, 0.15) is 11.6 Å². The van der Waals surface area contributed by atoms with Crippen molar-refractivity contribution in [3.8, 4) is 0 Å². The van der Waals surface area contributed by atoms with Gasteiger partial charge in [0.05, 0.1) is 19.4 Å². The number of hydrogen-bond acceptors (Lipinski definition) is 4. The number of carbonyl (C=O) groups is 2. The highest BCUT2D eigenvalue weighted by Crippen LogP contribution is 2.18. The molecule has 2 aromatic rings. The van der Waals surface area contributed by atoms with E-state index in [-0.39, 0.29) is 11.8 Å². The summed E-state index contributed by atoms with van der Waals surface area (Å²) in [4.78, 5) is 29.9. The average Bonchev–Trinajstić information content (AvgIpc) is 2.87. The minimum Gasteiger partial charge on any atom is -0.379 e. The van der Waals surface area contributed by atoms with Gasteiger partial charge in [0.25, 0.3) is 5.91 Å². The van der Waals surface area contributed by atoms with E-state index in [1.807, 2.05) is 4.57 Å². The Bertz CT molecular complexity index is 795. The van der Waals surface area contributed by atoms with Crippen molar-refractivity contribution in [3.63, 3.8) is 0 Å². The number of imidazole rings is 1. The van der Waals surface area contributed by atoms with Gasteiger partial charge in [0, 0.05) is 31.3 Å². The van der Waals surface area contributed by atoms with Gasteiger partial charge in [-0.3, -0.25) is 9.59 Å². The van der Waals surface area contributed by atoms with Crippen LogP contribution in [0.15, 0.2) is 43.1 Å². The van der Waals surface area contributed by atoms with Crippen LogP contribution in [0.2, 0.25) is 0 Å². The molecule has 2 amide bonds. The summed E-state index contributed by atoms with van der Waals surface area (Å²) in [5.74, 6) is 1.14. The van der Waals surface area contributed by atoms with Crippen LogP contribution in [0.3, 0.4) is 0 Å². The van der Waals surface area contributed by atoms with Gasteiger partial charge < -0.3 is 19.5 Å². The molecule has 2 heterocycles. The Morgan fingerprint density at radius 1 is 1.32 bits per heavy atom. The van der Waals surface area contributed by atoms with Crippen LogP contribution >= 0.6 is 0 Å². The summed E-state index contributed by atoms with van der Waals surface area (Å²) >= 11 is 0. The Labute approximate surface area is 145 Å². The number of rotatable bonds is 4. The van der Waals surface area contributed by atoms with Crippen molar-refractivity contribution in [2.45, 2.75) is 13.0 Å². The molecule has 1 aromatic heterocycles. The summed E-state index contributed by atoms with van der Waals surface area (Å²) < 4.78 is 7.40. The van der Waals surface area contributed by atoms with E-state index in [1.54, 1.807) is 37.5 Å². The van der Waals surface area contributed by atoms with Crippen LogP contribution in [0, 0.1) is 0 Å². The summed E-state index contributed by atoms with van der Waals surface area (Å²) in [6.07, 6.45) is 3.65. The largest absolute Gasteiger partial charge is 0.379 e. The second-order valence-electron chi connectivity index (χ2n) is 5.68. The average molecular weight is 340 g/mol. The van der Waals surface area contributed by atoms with Gasteiger partial charge in [-0.25, -0.2) is 4.98 Å². The summed E-state index contributed by atoms with van der Waals surface area (Å²) in [5, 5.41) is 2.89. The number of aromatic nitrogens is 2. The van der Waals surface area contributed by atoms with Crippen molar-refractivity contribution in [1.82, 2.24) is 9.55 Å². The number of carbonyl (C=O) groups excluding carboxylic acids is 2. The lowest BCUT2D eigenvalue weighted by Crippen LogP contribution is -2.23. The Balaban J connectivity index is 1.73. The number of amides is 2. The predicted octanol–water partition coefficient (Wildman–Crippen LogP) is 1.86. The third-order valence-corrected chi connectivity index (χ3v) is 4.13. The molecule has 0 unspecified atom stereocenters. The highest BCUT2D eigenvalue weighted by molar-refractivity contribution is 6.05. The van der Waals surface area contributed by atoms with Crippen LogP contribution in [0.5, 0.6) is 0 Å². The molecule has 7 nitrogen and oxygen atoms in total. The third-order valence-electron chi connectivity index (χ3n) is 4.13. The van der Waals surface area contributed by atoms with Crippen LogP contribution in [-0.4, -0.2) is 41.6 Å². The molecule has 0 saturated carbocycles. The van der Waals surface area contributed by atoms with Crippen molar-refractivity contribution in [1.29, 1.82) is 0 Å². The molecule has 130 valence electrons. The van der Waals surface area contributed by atoms with Crippen LogP contribution in [0.4, 0.5) is 11.5 Å². The predicted molar refractivity (Wildman–Crippen MR) is 94.8 cm³/mol. The van der Waals surface area contributed by atoms with Crippen LogP contribution < -0.4 is 10.2 Å². The van der Waals surface area contributed by atoms with Gasteiger partial charge in [0.15, 0.2) is 0 Å². The van der Waals surface area contributed by atoms with E-state index >= 15 is 0 Å². The molecular formula is C18H20N4O3. The number of nitrogens with zero attached hydrogens (tertiary/aromatic N) is 3. The van der Waals surface area contributed by atoms with E-state index < -0.39 is 0 Å². The fourth-order valence-corrected chi connectivity index (χ4v) is 2.67. The molecule has 0 saturated heterocycles. The maximum absolute atomic E-state index is 12.5. The fourth-order valence-electron chi connectivity index (χ4n) is 2.67. The first-order valence-electron chi connectivity index (χ1n) is 8.04. The fraction of sp³-hybridized carbons (Fsp3) is 0.278. The van der Waals surface area contributed by atoms with Crippen LogP contribution in [0.25, 0.3) is 0 Å². The van der Waals surface area contributed by atoms with E-state index in [1.165, 1.54) is 11.0 Å². The number of nitrogens with one attached hydrogen (secondary N) is 1. The molecule has 1 aliphatic heterocycles. The van der Waals surface area contributed by atoms with Gasteiger partial charge in [-0.2, -0.15) is 0 Å². The van der Waals surface area contributed by atoms with Gasteiger partial charge in [-0.1, -0.05) is 6.58 Å². The molecule has 1 N–H and O–H groups in total. The van der Waals surface area contributed by atoms with Crippen molar-refractivity contribution in [3.05, 3.63) is 54.5 Å². The smallest absolute Gasteiger partial charge is 0.256 e. The second-order valence-corrected chi connectivity index (χ2v) is 5.68. The van der Waals surface area contributed by atoms with Crippen LogP contribution in [-0.2, 0) is 22.5 Å². The molecule has 25 heavy (non-hydrogen) atoms. The van der Waals surface area contributed by atoms with Gasteiger partial charge in [0.2, 0.25) is 5.91 Å². The zero-order valence-electron chi connectivity index (χ0n) is 14.1. The summed E-state index contributed by atoms with van der Waals surface area (Å²) in [5.41, 5.74) is 1.19. The van der Waals surface area contributed by atoms with Crippen molar-refractivity contribution >= 4 is 23.3 Å². The molecule has 0 atom stereocenters. The Morgan fingerprint density at radius 3 is 2.80 bits per heavy atom. The molecule has 3 rings (SSSR count). The van der Waals surface area contributed by atoms with E-state index in [0.717, 1.165) is 12.2 Å². The minimum absolute atomic E-state index is 0.207. The monoisotopic (exact) mass is 340 g/mol. The molecular weight excluding hydrogens is 320 g/mol. The molecule has 0 bridgehead atoms. The molecule has 0 radical (unpaired) electrons. The SMILES string of the molecule is C=CC(=O)N(C)c1ccc(C(=O)Nc2cnc3n2CCOCC3)cc1. The zero-order chi connectivity index (χ0) is 17.8.